The van der Waals surface area contributed by atoms with E-state index < -0.39 is 19.9 Å². The SMILES string of the molecule is CS(=O)(=O)c1ccc(S(=O)(=O)NCCNC2CCCCCC2)cn1. The molecule has 0 unspecified atom stereocenters. The molecule has 0 amide bonds. The Bertz CT molecular complexity index is 722. The van der Waals surface area contributed by atoms with Gasteiger partial charge in [0.05, 0.1) is 0 Å². The molecule has 2 rings (SSSR count). The first-order chi connectivity index (χ1) is 11.3. The van der Waals surface area contributed by atoms with Gasteiger partial charge in [-0.1, -0.05) is 25.7 Å². The number of hydrogen-bond donors (Lipinski definition) is 2. The third-order valence-electron chi connectivity index (χ3n) is 4.10. The van der Waals surface area contributed by atoms with Gasteiger partial charge >= 0.3 is 0 Å². The normalized spacial score (nSPS) is 17.5. The highest BCUT2D eigenvalue weighted by molar-refractivity contribution is 7.90. The molecule has 1 aromatic heterocycles. The summed E-state index contributed by atoms with van der Waals surface area (Å²) >= 11 is 0. The summed E-state index contributed by atoms with van der Waals surface area (Å²) in [5.41, 5.74) is 0. The molecule has 1 saturated carbocycles. The van der Waals surface area contributed by atoms with E-state index >= 15 is 0 Å². The van der Waals surface area contributed by atoms with Gasteiger partial charge in [0.15, 0.2) is 14.9 Å². The van der Waals surface area contributed by atoms with Crippen molar-refractivity contribution < 1.29 is 16.8 Å². The maximum Gasteiger partial charge on any atom is 0.242 e. The van der Waals surface area contributed by atoms with Gasteiger partial charge in [-0.05, 0) is 25.0 Å². The van der Waals surface area contributed by atoms with E-state index in [-0.39, 0.29) is 16.5 Å². The van der Waals surface area contributed by atoms with Crippen LogP contribution in [0, 0.1) is 0 Å². The molecule has 0 aliphatic heterocycles. The van der Waals surface area contributed by atoms with Crippen LogP contribution in [-0.2, 0) is 19.9 Å². The molecule has 9 heteroatoms. The molecule has 0 radical (unpaired) electrons. The van der Waals surface area contributed by atoms with Crippen LogP contribution >= 0.6 is 0 Å². The van der Waals surface area contributed by atoms with E-state index in [0.717, 1.165) is 25.3 Å². The predicted octanol–water partition coefficient (Wildman–Crippen LogP) is 1.08. The number of sulfonamides is 1. The van der Waals surface area contributed by atoms with Gasteiger partial charge in [0, 0.05) is 31.6 Å². The second-order valence-electron chi connectivity index (χ2n) is 6.14. The zero-order chi connectivity index (χ0) is 17.6. The smallest absolute Gasteiger partial charge is 0.242 e. The molecular weight excluding hydrogens is 350 g/mol. The Balaban J connectivity index is 1.84. The molecule has 0 aromatic carbocycles. The van der Waals surface area contributed by atoms with Crippen LogP contribution in [0.1, 0.15) is 38.5 Å². The fourth-order valence-corrected chi connectivity index (χ4v) is 4.31. The molecule has 1 aromatic rings. The number of sulfone groups is 1. The minimum atomic E-state index is -3.68. The van der Waals surface area contributed by atoms with E-state index in [1.54, 1.807) is 0 Å². The molecule has 1 aliphatic carbocycles. The third kappa shape index (κ3) is 5.80. The predicted molar refractivity (Wildman–Crippen MR) is 92.0 cm³/mol. The van der Waals surface area contributed by atoms with Crippen molar-refractivity contribution in [3.05, 3.63) is 18.3 Å². The van der Waals surface area contributed by atoms with Crippen molar-refractivity contribution in [2.45, 2.75) is 54.5 Å². The van der Waals surface area contributed by atoms with Crippen molar-refractivity contribution in [3.8, 4) is 0 Å². The van der Waals surface area contributed by atoms with Gasteiger partial charge in [-0.3, -0.25) is 0 Å². The highest BCUT2D eigenvalue weighted by Crippen LogP contribution is 2.17. The number of hydrogen-bond acceptors (Lipinski definition) is 6. The van der Waals surface area contributed by atoms with Crippen molar-refractivity contribution in [1.82, 2.24) is 15.0 Å². The van der Waals surface area contributed by atoms with Crippen molar-refractivity contribution in [3.63, 3.8) is 0 Å². The van der Waals surface area contributed by atoms with Crippen molar-refractivity contribution in [1.29, 1.82) is 0 Å². The average Bonchev–Trinajstić information content (AvgIpc) is 2.80. The molecule has 1 fully saturated rings. The molecule has 0 spiro atoms. The van der Waals surface area contributed by atoms with E-state index in [1.807, 2.05) is 0 Å². The van der Waals surface area contributed by atoms with Gasteiger partial charge in [0.25, 0.3) is 0 Å². The van der Waals surface area contributed by atoms with E-state index in [2.05, 4.69) is 15.0 Å². The topological polar surface area (TPSA) is 105 Å². The maximum absolute atomic E-state index is 12.2. The van der Waals surface area contributed by atoms with E-state index in [4.69, 9.17) is 0 Å². The maximum atomic E-state index is 12.2. The van der Waals surface area contributed by atoms with Crippen LogP contribution < -0.4 is 10.0 Å². The molecular formula is C15H25N3O4S2. The lowest BCUT2D eigenvalue weighted by Gasteiger charge is -2.16. The number of pyridine rings is 1. The summed E-state index contributed by atoms with van der Waals surface area (Å²) in [6.45, 7) is 0.853. The van der Waals surface area contributed by atoms with Crippen LogP contribution in [0.3, 0.4) is 0 Å². The van der Waals surface area contributed by atoms with E-state index in [0.29, 0.717) is 12.6 Å². The van der Waals surface area contributed by atoms with Gasteiger partial charge in [-0.15, -0.1) is 0 Å². The first-order valence-electron chi connectivity index (χ1n) is 8.18. The Labute approximate surface area is 144 Å². The number of aromatic nitrogens is 1. The third-order valence-corrected chi connectivity index (χ3v) is 6.55. The molecule has 24 heavy (non-hydrogen) atoms. The quantitative estimate of drug-likeness (QED) is 0.546. The first-order valence-corrected chi connectivity index (χ1v) is 11.6. The summed E-state index contributed by atoms with van der Waals surface area (Å²) in [6, 6.07) is 2.92. The van der Waals surface area contributed by atoms with Crippen LogP contribution in [0.2, 0.25) is 0 Å². The van der Waals surface area contributed by atoms with Crippen molar-refractivity contribution in [2.24, 2.45) is 0 Å². The summed E-state index contributed by atoms with van der Waals surface area (Å²) in [6.07, 6.45) is 9.39. The second kappa shape index (κ2) is 8.37. The second-order valence-corrected chi connectivity index (χ2v) is 9.87. The standard InChI is InChI=1S/C15H25N3O4S2/c1-23(19,20)15-9-8-14(12-17-15)24(21,22)18-11-10-16-13-6-4-2-3-5-7-13/h8-9,12-13,16,18H,2-7,10-11H2,1H3. The molecule has 1 heterocycles. The largest absolute Gasteiger partial charge is 0.313 e. The van der Waals surface area contributed by atoms with Crippen LogP contribution in [0.15, 0.2) is 28.3 Å². The minimum Gasteiger partial charge on any atom is -0.313 e. The zero-order valence-corrected chi connectivity index (χ0v) is 15.5. The number of nitrogens with one attached hydrogen (secondary N) is 2. The Morgan fingerprint density at radius 1 is 1.04 bits per heavy atom. The van der Waals surface area contributed by atoms with E-state index in [1.165, 1.54) is 37.8 Å². The first kappa shape index (κ1) is 19.3. The summed E-state index contributed by atoms with van der Waals surface area (Å²) in [5.74, 6) is 0. The lowest BCUT2D eigenvalue weighted by Crippen LogP contribution is -2.36. The monoisotopic (exact) mass is 375 g/mol. The van der Waals surface area contributed by atoms with Crippen LogP contribution in [-0.4, -0.2) is 47.2 Å². The fourth-order valence-electron chi connectivity index (χ4n) is 2.77. The molecule has 0 atom stereocenters. The van der Waals surface area contributed by atoms with Gasteiger partial charge in [-0.25, -0.2) is 26.5 Å². The summed E-state index contributed by atoms with van der Waals surface area (Å²) in [4.78, 5) is 3.67. The highest BCUT2D eigenvalue weighted by atomic mass is 32.2. The molecule has 0 bridgehead atoms. The fraction of sp³-hybridized carbons (Fsp3) is 0.667. The van der Waals surface area contributed by atoms with Crippen molar-refractivity contribution in [2.75, 3.05) is 19.3 Å². The van der Waals surface area contributed by atoms with Gasteiger partial charge in [0.2, 0.25) is 10.0 Å². The molecule has 7 nitrogen and oxygen atoms in total. The van der Waals surface area contributed by atoms with Gasteiger partial charge in [0.1, 0.15) is 4.90 Å². The Kier molecular flexibility index (Phi) is 6.73. The number of rotatable bonds is 7. The lowest BCUT2D eigenvalue weighted by atomic mass is 10.1. The van der Waals surface area contributed by atoms with E-state index in [9.17, 15) is 16.8 Å². The summed E-state index contributed by atoms with van der Waals surface area (Å²) in [5, 5.41) is 3.25. The molecule has 2 N–H and O–H groups in total. The molecule has 1 aliphatic rings. The minimum absolute atomic E-state index is 0.0376. The molecule has 136 valence electrons. The van der Waals surface area contributed by atoms with Gasteiger partial charge in [-0.2, -0.15) is 0 Å². The molecule has 0 saturated heterocycles. The summed E-state index contributed by atoms with van der Waals surface area (Å²) in [7, 11) is -7.12. The van der Waals surface area contributed by atoms with Crippen LogP contribution in [0.25, 0.3) is 0 Å². The van der Waals surface area contributed by atoms with Crippen LogP contribution in [0.5, 0.6) is 0 Å². The Morgan fingerprint density at radius 3 is 2.25 bits per heavy atom. The van der Waals surface area contributed by atoms with Gasteiger partial charge < -0.3 is 5.32 Å². The van der Waals surface area contributed by atoms with Crippen molar-refractivity contribution >= 4 is 19.9 Å². The highest BCUT2D eigenvalue weighted by Gasteiger charge is 2.17. The Hall–Kier alpha value is -1.03. The Morgan fingerprint density at radius 2 is 1.71 bits per heavy atom. The van der Waals surface area contributed by atoms with Crippen LogP contribution in [0.4, 0.5) is 0 Å². The average molecular weight is 376 g/mol. The lowest BCUT2D eigenvalue weighted by molar-refractivity contribution is 0.461. The number of nitrogens with zero attached hydrogens (tertiary/aromatic N) is 1. The summed E-state index contributed by atoms with van der Waals surface area (Å²) < 4.78 is 49.5. The zero-order valence-electron chi connectivity index (χ0n) is 13.9.